The van der Waals surface area contributed by atoms with E-state index in [1.54, 1.807) is 0 Å². The van der Waals surface area contributed by atoms with Crippen molar-refractivity contribution in [3.8, 4) is 6.01 Å². The van der Waals surface area contributed by atoms with Gasteiger partial charge in [-0.25, -0.2) is 5.48 Å². The summed E-state index contributed by atoms with van der Waals surface area (Å²) < 4.78 is 6.07. The molecule has 0 amide bonds. The van der Waals surface area contributed by atoms with Gasteiger partial charge in [0, 0.05) is 41.0 Å². The minimum Gasteiger partial charge on any atom is -0.460 e. The summed E-state index contributed by atoms with van der Waals surface area (Å²) in [6.45, 7) is 15.3. The molecule has 11 heteroatoms. The molecule has 0 aromatic carbocycles. The number of nitrogens with zero attached hydrogens (tertiary/aromatic N) is 5. The van der Waals surface area contributed by atoms with Crippen LogP contribution in [0, 0.1) is 0 Å². The molecule has 0 bridgehead atoms. The minimum atomic E-state index is -0.595. The standard InChI is InChI=1S/C21H37N7O4/c1-18(2)9-13(10-19(3,4)27(18)30)22-15-23-16(26-29)25-17(24-15)32-14-11-20(5,6)28(31)21(7,8)12-14/h13-14,29H,9-12H2,1-8H3,(H2,22,23,24,25,26). The number of hydrogen-bond donors (Lipinski definition) is 3. The van der Waals surface area contributed by atoms with Crippen molar-refractivity contribution < 1.29 is 20.4 Å². The van der Waals surface area contributed by atoms with E-state index in [-0.39, 0.29) is 30.1 Å². The van der Waals surface area contributed by atoms with E-state index in [1.165, 1.54) is 0 Å². The maximum Gasteiger partial charge on any atom is 0.323 e. The molecule has 11 nitrogen and oxygen atoms in total. The Bertz CT molecular complexity index is 732. The highest BCUT2D eigenvalue weighted by Gasteiger charge is 2.48. The van der Waals surface area contributed by atoms with Gasteiger partial charge >= 0.3 is 6.01 Å². The van der Waals surface area contributed by atoms with Crippen LogP contribution in [0.25, 0.3) is 0 Å². The molecule has 0 atom stereocenters. The molecule has 32 heavy (non-hydrogen) atoms. The largest absolute Gasteiger partial charge is 0.460 e. The smallest absolute Gasteiger partial charge is 0.323 e. The van der Waals surface area contributed by atoms with Crippen molar-refractivity contribution in [1.82, 2.24) is 25.1 Å². The lowest BCUT2D eigenvalue weighted by Crippen LogP contribution is -2.60. The zero-order valence-electron chi connectivity index (χ0n) is 20.4. The third-order valence-electron chi connectivity index (χ3n) is 6.47. The number of hydroxylamine groups is 4. The second-order valence-corrected chi connectivity index (χ2v) is 11.6. The molecule has 3 N–H and O–H groups in total. The fourth-order valence-corrected chi connectivity index (χ4v) is 5.48. The van der Waals surface area contributed by atoms with Gasteiger partial charge in [0.05, 0.1) is 0 Å². The molecule has 1 aromatic rings. The fourth-order valence-electron chi connectivity index (χ4n) is 5.48. The Balaban J connectivity index is 1.79. The van der Waals surface area contributed by atoms with Crippen molar-refractivity contribution in [2.75, 3.05) is 10.8 Å². The highest BCUT2D eigenvalue weighted by Crippen LogP contribution is 2.39. The normalized spacial score (nSPS) is 26.0. The monoisotopic (exact) mass is 451 g/mol. The van der Waals surface area contributed by atoms with Crippen LogP contribution < -0.4 is 15.5 Å². The lowest BCUT2D eigenvalue weighted by molar-refractivity contribution is -0.297. The first kappa shape index (κ1) is 24.8. The van der Waals surface area contributed by atoms with E-state index in [1.807, 2.05) is 60.9 Å². The van der Waals surface area contributed by atoms with Crippen molar-refractivity contribution in [2.24, 2.45) is 0 Å². The van der Waals surface area contributed by atoms with E-state index < -0.39 is 22.2 Å². The molecule has 0 unspecified atom stereocenters. The molecular weight excluding hydrogens is 414 g/mol. The molecule has 2 fully saturated rings. The molecule has 2 radical (unpaired) electrons. The summed E-state index contributed by atoms with van der Waals surface area (Å²) in [5.41, 5.74) is -0.324. The van der Waals surface area contributed by atoms with E-state index in [4.69, 9.17) is 4.74 Å². The van der Waals surface area contributed by atoms with Gasteiger partial charge in [-0.2, -0.15) is 15.0 Å². The van der Waals surface area contributed by atoms with Crippen LogP contribution in [0.3, 0.4) is 0 Å². The van der Waals surface area contributed by atoms with Gasteiger partial charge in [-0.05, 0) is 68.2 Å². The number of aromatic nitrogens is 3. The van der Waals surface area contributed by atoms with Crippen molar-refractivity contribution in [3.63, 3.8) is 0 Å². The van der Waals surface area contributed by atoms with Crippen LogP contribution in [-0.4, -0.2) is 64.6 Å². The molecule has 180 valence electrons. The van der Waals surface area contributed by atoms with Gasteiger partial charge in [0.25, 0.3) is 5.95 Å². The van der Waals surface area contributed by atoms with E-state index in [0.717, 1.165) is 10.1 Å². The number of nitrogens with one attached hydrogen (secondary N) is 2. The molecule has 0 spiro atoms. The van der Waals surface area contributed by atoms with Crippen molar-refractivity contribution in [2.45, 2.75) is 115 Å². The Labute approximate surface area is 190 Å². The Morgan fingerprint density at radius 1 is 0.781 bits per heavy atom. The molecule has 0 saturated carbocycles. The average molecular weight is 452 g/mol. The first-order valence-electron chi connectivity index (χ1n) is 11.1. The lowest BCUT2D eigenvalue weighted by Gasteiger charge is -2.50. The highest BCUT2D eigenvalue weighted by atomic mass is 16.5. The minimum absolute atomic E-state index is 0.0444. The maximum absolute atomic E-state index is 12.6. The number of rotatable bonds is 5. The predicted octanol–water partition coefficient (Wildman–Crippen LogP) is 3.20. The summed E-state index contributed by atoms with van der Waals surface area (Å²) in [6, 6.07) is 0.0170. The number of piperidine rings is 2. The van der Waals surface area contributed by atoms with Gasteiger partial charge in [-0.15, -0.1) is 20.5 Å². The first-order valence-corrected chi connectivity index (χ1v) is 11.1. The van der Waals surface area contributed by atoms with Gasteiger partial charge in [-0.3, -0.25) is 5.21 Å². The van der Waals surface area contributed by atoms with Crippen LogP contribution in [0.2, 0.25) is 0 Å². The number of hydrogen-bond acceptors (Lipinski definition) is 9. The van der Waals surface area contributed by atoms with E-state index >= 15 is 0 Å². The second-order valence-electron chi connectivity index (χ2n) is 11.6. The van der Waals surface area contributed by atoms with E-state index in [2.05, 4.69) is 20.3 Å². The van der Waals surface area contributed by atoms with Crippen LogP contribution in [0.5, 0.6) is 6.01 Å². The van der Waals surface area contributed by atoms with Gasteiger partial charge < -0.3 is 10.1 Å². The van der Waals surface area contributed by atoms with Crippen LogP contribution in [-0.2, 0) is 10.4 Å². The molecule has 2 saturated heterocycles. The highest BCUT2D eigenvalue weighted by molar-refractivity contribution is 5.35. The van der Waals surface area contributed by atoms with Gasteiger partial charge in [-0.1, -0.05) is 0 Å². The van der Waals surface area contributed by atoms with Crippen molar-refractivity contribution >= 4 is 11.9 Å². The average Bonchev–Trinajstić information content (AvgIpc) is 2.63. The molecule has 2 aliphatic heterocycles. The number of ether oxygens (including phenoxy) is 1. The topological polar surface area (TPSA) is 138 Å². The van der Waals surface area contributed by atoms with Crippen LogP contribution in [0.1, 0.15) is 81.1 Å². The summed E-state index contributed by atoms with van der Waals surface area (Å²) in [5.74, 6) is 0.208. The Morgan fingerprint density at radius 3 is 1.69 bits per heavy atom. The summed E-state index contributed by atoms with van der Waals surface area (Å²) in [7, 11) is 0. The summed E-state index contributed by atoms with van der Waals surface area (Å²) >= 11 is 0. The molecule has 3 heterocycles. The lowest BCUT2D eigenvalue weighted by atomic mass is 9.79. The predicted molar refractivity (Wildman–Crippen MR) is 117 cm³/mol. The summed E-state index contributed by atoms with van der Waals surface area (Å²) in [6.07, 6.45) is 1.97. The zero-order chi connectivity index (χ0) is 24.1. The third kappa shape index (κ3) is 5.07. The molecule has 3 rings (SSSR count). The maximum atomic E-state index is 12.6. The van der Waals surface area contributed by atoms with Crippen LogP contribution >= 0.6 is 0 Å². The van der Waals surface area contributed by atoms with Gasteiger partial charge in [0.1, 0.15) is 6.10 Å². The van der Waals surface area contributed by atoms with Crippen molar-refractivity contribution in [1.29, 1.82) is 0 Å². The van der Waals surface area contributed by atoms with E-state index in [0.29, 0.717) is 25.7 Å². The summed E-state index contributed by atoms with van der Waals surface area (Å²) in [5, 5.41) is 40.2. The van der Waals surface area contributed by atoms with E-state index in [9.17, 15) is 15.6 Å². The van der Waals surface area contributed by atoms with Crippen LogP contribution in [0.15, 0.2) is 0 Å². The molecule has 1 aromatic heterocycles. The van der Waals surface area contributed by atoms with Gasteiger partial charge in [0.2, 0.25) is 5.95 Å². The first-order chi connectivity index (χ1) is 14.6. The third-order valence-corrected chi connectivity index (χ3v) is 6.47. The van der Waals surface area contributed by atoms with Crippen LogP contribution in [0.4, 0.5) is 11.9 Å². The second kappa shape index (κ2) is 8.21. The SMILES string of the molecule is CC1(C)CC(Nc2nc(NO)nc(OC3CC(C)(C)N([O])C(C)(C)C3)n2)CC(C)(C)N1[O]. The van der Waals surface area contributed by atoms with Gasteiger partial charge in [0.15, 0.2) is 0 Å². The number of anilines is 2. The molecular formula is C21H37N7O4. The fraction of sp³-hybridized carbons (Fsp3) is 0.857. The Morgan fingerprint density at radius 2 is 1.22 bits per heavy atom. The molecule has 0 aliphatic carbocycles. The quantitative estimate of drug-likeness (QED) is 0.576. The van der Waals surface area contributed by atoms with Crippen molar-refractivity contribution in [3.05, 3.63) is 0 Å². The Kier molecular flexibility index (Phi) is 6.37. The zero-order valence-corrected chi connectivity index (χ0v) is 20.4. The molecule has 2 aliphatic rings. The Hall–Kier alpha value is -1.79. The summed E-state index contributed by atoms with van der Waals surface area (Å²) in [4.78, 5) is 12.7.